The van der Waals surface area contributed by atoms with E-state index in [-0.39, 0.29) is 16.6 Å². The van der Waals surface area contributed by atoms with Gasteiger partial charge in [0, 0.05) is 6.20 Å². The summed E-state index contributed by atoms with van der Waals surface area (Å²) in [6.07, 6.45) is 1.44. The number of nitrogens with zero attached hydrogens (tertiary/aromatic N) is 1. The Hall–Kier alpha value is -1.79. The first-order valence-corrected chi connectivity index (χ1v) is 5.77. The first-order valence-electron chi connectivity index (χ1n) is 4.66. The summed E-state index contributed by atoms with van der Waals surface area (Å²) in [5.41, 5.74) is 0. The van der Waals surface area contributed by atoms with E-state index in [4.69, 9.17) is 9.29 Å². The zero-order chi connectivity index (χ0) is 12.3. The molecule has 0 saturated heterocycles. The normalized spacial score (nSPS) is 12.1. The van der Waals surface area contributed by atoms with E-state index < -0.39 is 11.1 Å². The van der Waals surface area contributed by atoms with E-state index in [0.29, 0.717) is 5.75 Å². The fraction of sp³-hybridized carbons (Fsp3) is 0. The lowest BCUT2D eigenvalue weighted by molar-refractivity contribution is 0.444. The van der Waals surface area contributed by atoms with E-state index in [9.17, 15) is 8.60 Å². The molecule has 1 N–H and O–H groups in total. The number of aromatic nitrogens is 1. The van der Waals surface area contributed by atoms with Crippen molar-refractivity contribution in [1.29, 1.82) is 0 Å². The van der Waals surface area contributed by atoms with Crippen molar-refractivity contribution in [2.75, 3.05) is 0 Å². The minimum atomic E-state index is -2.18. The highest BCUT2D eigenvalue weighted by atomic mass is 32.2. The van der Waals surface area contributed by atoms with Crippen molar-refractivity contribution in [1.82, 2.24) is 4.98 Å². The third-order valence-electron chi connectivity index (χ3n) is 1.95. The molecule has 1 atom stereocenters. The zero-order valence-electron chi connectivity index (χ0n) is 8.54. The van der Waals surface area contributed by atoms with Crippen molar-refractivity contribution in [2.45, 2.75) is 4.90 Å². The Labute approximate surface area is 99.4 Å². The first-order chi connectivity index (χ1) is 8.16. The Balaban J connectivity index is 2.30. The van der Waals surface area contributed by atoms with Crippen molar-refractivity contribution in [3.05, 3.63) is 48.4 Å². The summed E-state index contributed by atoms with van der Waals surface area (Å²) < 4.78 is 38.0. The van der Waals surface area contributed by atoms with Crippen molar-refractivity contribution >= 4 is 11.1 Å². The van der Waals surface area contributed by atoms with Crippen molar-refractivity contribution in [2.24, 2.45) is 0 Å². The Kier molecular flexibility index (Phi) is 3.46. The van der Waals surface area contributed by atoms with Gasteiger partial charge in [0.1, 0.15) is 16.5 Å². The summed E-state index contributed by atoms with van der Waals surface area (Å²) in [5, 5.41) is 0. The summed E-state index contributed by atoms with van der Waals surface area (Å²) in [5.74, 6) is -0.0129. The van der Waals surface area contributed by atoms with Gasteiger partial charge in [0.05, 0.1) is 0 Å². The van der Waals surface area contributed by atoms with Crippen molar-refractivity contribution < 1.29 is 17.9 Å². The van der Waals surface area contributed by atoms with Crippen LogP contribution in [0.5, 0.6) is 11.6 Å². The fourth-order valence-electron chi connectivity index (χ4n) is 1.20. The van der Waals surface area contributed by atoms with Crippen LogP contribution in [-0.2, 0) is 11.1 Å². The van der Waals surface area contributed by atoms with Gasteiger partial charge in [-0.3, -0.25) is 0 Å². The van der Waals surface area contributed by atoms with Crippen LogP contribution < -0.4 is 4.74 Å². The van der Waals surface area contributed by atoms with Gasteiger partial charge in [-0.2, -0.15) is 0 Å². The van der Waals surface area contributed by atoms with E-state index in [0.717, 1.165) is 0 Å². The monoisotopic (exact) mass is 253 g/mol. The number of pyridine rings is 1. The Morgan fingerprint density at radius 3 is 2.59 bits per heavy atom. The second kappa shape index (κ2) is 5.03. The van der Waals surface area contributed by atoms with Crippen LogP contribution in [0.3, 0.4) is 0 Å². The topological polar surface area (TPSA) is 59.4 Å². The largest absolute Gasteiger partial charge is 0.438 e. The number of halogens is 1. The van der Waals surface area contributed by atoms with Crippen molar-refractivity contribution in [3.63, 3.8) is 0 Å². The molecule has 0 aliphatic heterocycles. The van der Waals surface area contributed by atoms with Crippen LogP contribution in [0.4, 0.5) is 4.39 Å². The molecule has 0 radical (unpaired) electrons. The summed E-state index contributed by atoms with van der Waals surface area (Å²) in [7, 11) is 0. The molecule has 0 bridgehead atoms. The van der Waals surface area contributed by atoms with Crippen LogP contribution in [0.15, 0.2) is 47.5 Å². The molecule has 0 aliphatic carbocycles. The summed E-state index contributed by atoms with van der Waals surface area (Å²) in [6.45, 7) is 0. The molecule has 2 rings (SSSR count). The summed E-state index contributed by atoms with van der Waals surface area (Å²) in [4.78, 5) is 3.92. The minimum Gasteiger partial charge on any atom is -0.438 e. The molecular formula is C11H8FNO3S. The number of hydrogen-bond acceptors (Lipinski definition) is 3. The molecule has 0 amide bonds. The predicted octanol–water partition coefficient (Wildman–Crippen LogP) is 2.59. The lowest BCUT2D eigenvalue weighted by atomic mass is 10.3. The highest BCUT2D eigenvalue weighted by molar-refractivity contribution is 7.79. The molecule has 4 nitrogen and oxygen atoms in total. The SMILES string of the molecule is O=S(O)c1cccnc1Oc1ccc(F)cc1. The zero-order valence-corrected chi connectivity index (χ0v) is 9.36. The quantitative estimate of drug-likeness (QED) is 0.854. The molecule has 6 heteroatoms. The average molecular weight is 253 g/mol. The summed E-state index contributed by atoms with van der Waals surface area (Å²) >= 11 is -2.18. The van der Waals surface area contributed by atoms with Crippen LogP contribution in [0.1, 0.15) is 0 Å². The molecule has 0 saturated carbocycles. The van der Waals surface area contributed by atoms with Crippen LogP contribution in [0, 0.1) is 5.82 Å². The van der Waals surface area contributed by atoms with E-state index in [1.807, 2.05) is 0 Å². The Morgan fingerprint density at radius 1 is 1.24 bits per heavy atom. The molecular weight excluding hydrogens is 245 g/mol. The van der Waals surface area contributed by atoms with Gasteiger partial charge < -0.3 is 9.29 Å². The number of ether oxygens (including phenoxy) is 1. The van der Waals surface area contributed by atoms with Gasteiger partial charge in [-0.15, -0.1) is 0 Å². The van der Waals surface area contributed by atoms with Gasteiger partial charge in [0.2, 0.25) is 5.88 Å². The van der Waals surface area contributed by atoms with Gasteiger partial charge in [-0.05, 0) is 36.4 Å². The molecule has 1 aromatic carbocycles. The smallest absolute Gasteiger partial charge is 0.237 e. The van der Waals surface area contributed by atoms with E-state index in [1.165, 1.54) is 42.6 Å². The lowest BCUT2D eigenvalue weighted by Gasteiger charge is -2.06. The maximum Gasteiger partial charge on any atom is 0.237 e. The minimum absolute atomic E-state index is 0.0277. The fourth-order valence-corrected chi connectivity index (χ4v) is 1.64. The van der Waals surface area contributed by atoms with Gasteiger partial charge in [-0.1, -0.05) is 0 Å². The van der Waals surface area contributed by atoms with E-state index >= 15 is 0 Å². The van der Waals surface area contributed by atoms with Crippen LogP contribution >= 0.6 is 0 Å². The van der Waals surface area contributed by atoms with Gasteiger partial charge in [-0.25, -0.2) is 13.6 Å². The van der Waals surface area contributed by atoms with Crippen LogP contribution in [-0.4, -0.2) is 13.7 Å². The Morgan fingerprint density at radius 2 is 1.94 bits per heavy atom. The Bertz CT molecular complexity index is 545. The number of hydrogen-bond donors (Lipinski definition) is 1. The second-order valence-corrected chi connectivity index (χ2v) is 4.05. The molecule has 0 aliphatic rings. The summed E-state index contributed by atoms with van der Waals surface area (Å²) in [6, 6.07) is 8.24. The van der Waals surface area contributed by atoms with Crippen LogP contribution in [0.25, 0.3) is 0 Å². The lowest BCUT2D eigenvalue weighted by Crippen LogP contribution is -1.96. The maximum absolute atomic E-state index is 12.7. The van der Waals surface area contributed by atoms with Crippen LogP contribution in [0.2, 0.25) is 0 Å². The molecule has 0 spiro atoms. The third kappa shape index (κ3) is 2.86. The third-order valence-corrected chi connectivity index (χ3v) is 2.64. The van der Waals surface area contributed by atoms with Gasteiger partial charge in [0.25, 0.3) is 0 Å². The van der Waals surface area contributed by atoms with E-state index in [1.54, 1.807) is 0 Å². The molecule has 17 heavy (non-hydrogen) atoms. The number of rotatable bonds is 3. The highest BCUT2D eigenvalue weighted by Gasteiger charge is 2.10. The molecule has 2 aromatic rings. The second-order valence-electron chi connectivity index (χ2n) is 3.11. The standard InChI is InChI=1S/C11H8FNO3S/c12-8-3-5-9(6-4-8)16-11-10(17(14)15)2-1-7-13-11/h1-7H,(H,14,15). The van der Waals surface area contributed by atoms with Gasteiger partial charge in [0.15, 0.2) is 11.1 Å². The molecule has 1 heterocycles. The van der Waals surface area contributed by atoms with E-state index in [2.05, 4.69) is 4.98 Å². The first kappa shape index (κ1) is 11.7. The average Bonchev–Trinajstić information content (AvgIpc) is 2.32. The highest BCUT2D eigenvalue weighted by Crippen LogP contribution is 2.24. The van der Waals surface area contributed by atoms with Gasteiger partial charge >= 0.3 is 0 Å². The van der Waals surface area contributed by atoms with Crippen molar-refractivity contribution in [3.8, 4) is 11.6 Å². The molecule has 0 fully saturated rings. The predicted molar refractivity (Wildman–Crippen MR) is 59.7 cm³/mol. The molecule has 1 aromatic heterocycles. The number of benzene rings is 1. The molecule has 1 unspecified atom stereocenters. The molecule has 88 valence electrons. The maximum atomic E-state index is 12.7.